The molecule has 1 aromatic rings. The van der Waals surface area contributed by atoms with E-state index in [9.17, 15) is 4.79 Å². The highest BCUT2D eigenvalue weighted by molar-refractivity contribution is 5.74. The lowest BCUT2D eigenvalue weighted by molar-refractivity contribution is 0.181. The number of urea groups is 1. The van der Waals surface area contributed by atoms with Gasteiger partial charge in [-0.15, -0.1) is 0 Å². The zero-order chi connectivity index (χ0) is 9.10. The van der Waals surface area contributed by atoms with Gasteiger partial charge in [-0.05, 0) is 6.42 Å². The number of hydrogen-bond donors (Lipinski definition) is 1. The molecule has 0 radical (unpaired) electrons. The normalized spacial score (nSPS) is 17.2. The van der Waals surface area contributed by atoms with E-state index in [1.54, 1.807) is 4.90 Å². The molecule has 2 heterocycles. The predicted octanol–water partition coefficient (Wildman–Crippen LogP) is -0.0151. The summed E-state index contributed by atoms with van der Waals surface area (Å²) >= 11 is 0. The highest BCUT2D eigenvalue weighted by Crippen LogP contribution is 2.03. The summed E-state index contributed by atoms with van der Waals surface area (Å²) in [5, 5.41) is 6.38. The van der Waals surface area contributed by atoms with Gasteiger partial charge in [0.15, 0.2) is 5.82 Å². The molecule has 1 fully saturated rings. The van der Waals surface area contributed by atoms with Crippen LogP contribution in [0.2, 0.25) is 0 Å². The summed E-state index contributed by atoms with van der Waals surface area (Å²) in [4.78, 5) is 16.8. The van der Waals surface area contributed by atoms with Crippen molar-refractivity contribution in [3.05, 3.63) is 12.2 Å². The minimum Gasteiger partial charge on any atom is -0.343 e. The fourth-order valence-electron chi connectivity index (χ4n) is 1.26. The Morgan fingerprint density at radius 1 is 1.69 bits per heavy atom. The lowest BCUT2D eigenvalue weighted by Crippen LogP contribution is -2.45. The van der Waals surface area contributed by atoms with E-state index in [0.717, 1.165) is 19.5 Å². The predicted molar refractivity (Wildman–Crippen MR) is 42.7 cm³/mol. The van der Waals surface area contributed by atoms with Crippen LogP contribution in [0.15, 0.2) is 10.9 Å². The molecule has 0 atom stereocenters. The highest BCUT2D eigenvalue weighted by atomic mass is 16.5. The van der Waals surface area contributed by atoms with Crippen molar-refractivity contribution in [2.24, 2.45) is 0 Å². The second kappa shape index (κ2) is 3.42. The van der Waals surface area contributed by atoms with Crippen LogP contribution >= 0.6 is 0 Å². The molecule has 0 bridgehead atoms. The summed E-state index contributed by atoms with van der Waals surface area (Å²) in [6.07, 6.45) is 2.22. The third-order valence-electron chi connectivity index (χ3n) is 1.91. The van der Waals surface area contributed by atoms with Crippen molar-refractivity contribution in [3.8, 4) is 0 Å². The molecule has 0 aromatic carbocycles. The molecular formula is C7H10N4O2. The molecule has 13 heavy (non-hydrogen) atoms. The molecule has 1 N–H and O–H groups in total. The van der Waals surface area contributed by atoms with Gasteiger partial charge in [-0.1, -0.05) is 5.16 Å². The first-order valence-electron chi connectivity index (χ1n) is 4.14. The average Bonchev–Trinajstić information content (AvgIpc) is 2.61. The number of rotatable bonds is 2. The van der Waals surface area contributed by atoms with Gasteiger partial charge in [0.1, 0.15) is 0 Å². The summed E-state index contributed by atoms with van der Waals surface area (Å²) in [6.45, 7) is 1.92. The number of nitrogens with zero attached hydrogens (tertiary/aromatic N) is 3. The van der Waals surface area contributed by atoms with Crippen molar-refractivity contribution in [2.45, 2.75) is 13.0 Å². The van der Waals surface area contributed by atoms with Crippen molar-refractivity contribution in [1.29, 1.82) is 0 Å². The van der Waals surface area contributed by atoms with Crippen LogP contribution in [0.1, 0.15) is 12.2 Å². The first kappa shape index (κ1) is 8.03. The molecule has 2 amide bonds. The maximum Gasteiger partial charge on any atom is 0.317 e. The summed E-state index contributed by atoms with van der Waals surface area (Å²) in [5.41, 5.74) is 0. The van der Waals surface area contributed by atoms with Gasteiger partial charge in [0.2, 0.25) is 6.39 Å². The molecule has 1 aromatic heterocycles. The molecule has 0 spiro atoms. The monoisotopic (exact) mass is 182 g/mol. The number of aromatic nitrogens is 2. The molecule has 0 unspecified atom stereocenters. The average molecular weight is 182 g/mol. The maximum atomic E-state index is 11.2. The standard InChI is InChI=1S/C7H10N4O2/c12-7-8-2-1-3-11(7)4-6-9-5-13-10-6/h5H,1-4H2,(H,8,12). The SMILES string of the molecule is O=C1NCCCN1Cc1ncon1. The van der Waals surface area contributed by atoms with Crippen molar-refractivity contribution in [3.63, 3.8) is 0 Å². The van der Waals surface area contributed by atoms with Gasteiger partial charge in [-0.3, -0.25) is 0 Å². The minimum atomic E-state index is -0.0592. The smallest absolute Gasteiger partial charge is 0.317 e. The molecule has 6 heteroatoms. The molecule has 6 nitrogen and oxygen atoms in total. The maximum absolute atomic E-state index is 11.2. The Morgan fingerprint density at radius 3 is 3.31 bits per heavy atom. The van der Waals surface area contributed by atoms with Gasteiger partial charge in [0.25, 0.3) is 0 Å². The van der Waals surface area contributed by atoms with E-state index in [2.05, 4.69) is 20.0 Å². The van der Waals surface area contributed by atoms with Gasteiger partial charge < -0.3 is 14.7 Å². The Balaban J connectivity index is 1.97. The van der Waals surface area contributed by atoms with E-state index < -0.39 is 0 Å². The molecule has 0 aliphatic carbocycles. The van der Waals surface area contributed by atoms with E-state index in [1.165, 1.54) is 6.39 Å². The summed E-state index contributed by atoms with van der Waals surface area (Å²) in [6, 6.07) is -0.0592. The zero-order valence-corrected chi connectivity index (χ0v) is 7.06. The minimum absolute atomic E-state index is 0.0592. The quantitative estimate of drug-likeness (QED) is 0.698. The van der Waals surface area contributed by atoms with Crippen molar-refractivity contribution in [2.75, 3.05) is 13.1 Å². The van der Waals surface area contributed by atoms with Crippen molar-refractivity contribution >= 4 is 6.03 Å². The molecule has 1 aliphatic heterocycles. The second-order valence-corrected chi connectivity index (χ2v) is 2.85. The van der Waals surface area contributed by atoms with Crippen molar-refractivity contribution in [1.82, 2.24) is 20.4 Å². The van der Waals surface area contributed by atoms with Gasteiger partial charge in [0, 0.05) is 13.1 Å². The fraction of sp³-hybridized carbons (Fsp3) is 0.571. The van der Waals surface area contributed by atoms with Gasteiger partial charge in [0.05, 0.1) is 6.54 Å². The third kappa shape index (κ3) is 1.77. The molecular weight excluding hydrogens is 172 g/mol. The highest BCUT2D eigenvalue weighted by Gasteiger charge is 2.18. The Hall–Kier alpha value is -1.59. The van der Waals surface area contributed by atoms with Crippen LogP contribution in [-0.2, 0) is 6.54 Å². The van der Waals surface area contributed by atoms with Gasteiger partial charge >= 0.3 is 6.03 Å². The topological polar surface area (TPSA) is 71.3 Å². The molecule has 70 valence electrons. The van der Waals surface area contributed by atoms with Crippen molar-refractivity contribution < 1.29 is 9.32 Å². The first-order chi connectivity index (χ1) is 6.36. The van der Waals surface area contributed by atoms with Gasteiger partial charge in [-0.2, -0.15) is 4.98 Å². The molecule has 0 saturated carbocycles. The Labute approximate surface area is 74.9 Å². The van der Waals surface area contributed by atoms with E-state index in [4.69, 9.17) is 0 Å². The zero-order valence-electron chi connectivity index (χ0n) is 7.06. The van der Waals surface area contributed by atoms with Crippen LogP contribution in [0.3, 0.4) is 0 Å². The van der Waals surface area contributed by atoms with E-state index in [1.807, 2.05) is 0 Å². The van der Waals surface area contributed by atoms with Crippen LogP contribution in [-0.4, -0.2) is 34.2 Å². The van der Waals surface area contributed by atoms with Crippen LogP contribution in [0.25, 0.3) is 0 Å². The fourth-order valence-corrected chi connectivity index (χ4v) is 1.26. The molecule has 1 aliphatic rings. The number of hydrogen-bond acceptors (Lipinski definition) is 4. The van der Waals surface area contributed by atoms with Crippen LogP contribution in [0, 0.1) is 0 Å². The summed E-state index contributed by atoms with van der Waals surface area (Å²) in [5.74, 6) is 0.539. The molecule has 2 rings (SSSR count). The first-order valence-corrected chi connectivity index (χ1v) is 4.14. The van der Waals surface area contributed by atoms with Crippen LogP contribution in [0.5, 0.6) is 0 Å². The number of carbonyl (C=O) groups excluding carboxylic acids is 1. The largest absolute Gasteiger partial charge is 0.343 e. The second-order valence-electron chi connectivity index (χ2n) is 2.85. The van der Waals surface area contributed by atoms with E-state index >= 15 is 0 Å². The summed E-state index contributed by atoms with van der Waals surface area (Å²) in [7, 11) is 0. The Kier molecular flexibility index (Phi) is 2.11. The van der Waals surface area contributed by atoms with Gasteiger partial charge in [-0.25, -0.2) is 4.79 Å². The number of carbonyl (C=O) groups is 1. The number of nitrogens with one attached hydrogen (secondary N) is 1. The van der Waals surface area contributed by atoms with Crippen LogP contribution < -0.4 is 5.32 Å². The lowest BCUT2D eigenvalue weighted by Gasteiger charge is -2.25. The van der Waals surface area contributed by atoms with E-state index in [-0.39, 0.29) is 6.03 Å². The Bertz CT molecular complexity index is 285. The Morgan fingerprint density at radius 2 is 2.62 bits per heavy atom. The molecule has 1 saturated heterocycles. The van der Waals surface area contributed by atoms with E-state index in [0.29, 0.717) is 12.4 Å². The lowest BCUT2D eigenvalue weighted by atomic mass is 10.3. The third-order valence-corrected chi connectivity index (χ3v) is 1.91. The van der Waals surface area contributed by atoms with Crippen LogP contribution in [0.4, 0.5) is 4.79 Å². The number of amides is 2. The summed E-state index contributed by atoms with van der Waals surface area (Å²) < 4.78 is 4.57.